The molecule has 0 aliphatic heterocycles. The normalized spacial score (nSPS) is 14.5. The number of hydrogen-bond acceptors (Lipinski definition) is 3. The zero-order valence-corrected chi connectivity index (χ0v) is 13.1. The molecule has 0 spiro atoms. The molecule has 3 nitrogen and oxygen atoms in total. The van der Waals surface area contributed by atoms with Crippen LogP contribution in [0, 0.1) is 5.92 Å². The van der Waals surface area contributed by atoms with Gasteiger partial charge in [-0.05, 0) is 42.7 Å². The Hall–Kier alpha value is -1.90. The van der Waals surface area contributed by atoms with Crippen molar-refractivity contribution in [2.45, 2.75) is 39.0 Å². The molecule has 0 amide bonds. The monoisotopic (exact) mass is 281 g/mol. The van der Waals surface area contributed by atoms with E-state index in [4.69, 9.17) is 4.98 Å². The van der Waals surface area contributed by atoms with Gasteiger partial charge in [-0.3, -0.25) is 0 Å². The van der Waals surface area contributed by atoms with Crippen LogP contribution in [0.5, 0.6) is 0 Å². The average Bonchev–Trinajstić information content (AvgIpc) is 3.31. The van der Waals surface area contributed by atoms with Gasteiger partial charge in [0.05, 0.1) is 0 Å². The summed E-state index contributed by atoms with van der Waals surface area (Å²) in [4.78, 5) is 9.39. The summed E-state index contributed by atoms with van der Waals surface area (Å²) < 4.78 is 0. The molecule has 1 aromatic heterocycles. The predicted molar refractivity (Wildman–Crippen MR) is 87.5 cm³/mol. The molecule has 2 aromatic rings. The molecule has 1 fully saturated rings. The first kappa shape index (κ1) is 14.1. The smallest absolute Gasteiger partial charge is 0.161 e. The summed E-state index contributed by atoms with van der Waals surface area (Å²) in [7, 11) is 1.91. The van der Waals surface area contributed by atoms with Gasteiger partial charge in [0.15, 0.2) is 5.82 Å². The molecule has 0 bridgehead atoms. The third-order valence-corrected chi connectivity index (χ3v) is 3.85. The van der Waals surface area contributed by atoms with Gasteiger partial charge in [-0.2, -0.15) is 0 Å². The van der Waals surface area contributed by atoms with E-state index in [1.807, 2.05) is 13.1 Å². The van der Waals surface area contributed by atoms with Crippen molar-refractivity contribution >= 4 is 5.82 Å². The molecular formula is C18H23N3. The zero-order chi connectivity index (χ0) is 14.8. The van der Waals surface area contributed by atoms with Crippen molar-refractivity contribution in [1.82, 2.24) is 9.97 Å². The Kier molecular flexibility index (Phi) is 3.91. The second-order valence-electron chi connectivity index (χ2n) is 6.32. The van der Waals surface area contributed by atoms with Gasteiger partial charge in [0, 0.05) is 24.4 Å². The fourth-order valence-electron chi connectivity index (χ4n) is 2.63. The highest BCUT2D eigenvalue weighted by atomic mass is 15.0. The van der Waals surface area contributed by atoms with Crippen LogP contribution in [0.15, 0.2) is 30.3 Å². The molecule has 0 unspecified atom stereocenters. The third kappa shape index (κ3) is 3.41. The lowest BCUT2D eigenvalue weighted by molar-refractivity contribution is 0.635. The maximum absolute atomic E-state index is 4.76. The number of benzene rings is 1. The quantitative estimate of drug-likeness (QED) is 0.889. The van der Waals surface area contributed by atoms with Gasteiger partial charge in [0.1, 0.15) is 5.82 Å². The minimum atomic E-state index is 0.593. The van der Waals surface area contributed by atoms with Crippen LogP contribution in [0.4, 0.5) is 5.82 Å². The fraction of sp³-hybridized carbons (Fsp3) is 0.444. The Labute approximate surface area is 126 Å². The maximum atomic E-state index is 4.76. The van der Waals surface area contributed by atoms with Gasteiger partial charge < -0.3 is 5.32 Å². The van der Waals surface area contributed by atoms with Gasteiger partial charge in [-0.15, -0.1) is 0 Å². The molecule has 0 saturated heterocycles. The number of aromatic nitrogens is 2. The summed E-state index contributed by atoms with van der Waals surface area (Å²) in [6.07, 6.45) is 3.62. The average molecular weight is 281 g/mol. The summed E-state index contributed by atoms with van der Waals surface area (Å²) in [5.41, 5.74) is 3.66. The van der Waals surface area contributed by atoms with Crippen LogP contribution in [0.2, 0.25) is 0 Å². The lowest BCUT2D eigenvalue weighted by atomic mass is 10.1. The van der Waals surface area contributed by atoms with E-state index in [0.29, 0.717) is 5.92 Å². The van der Waals surface area contributed by atoms with E-state index < -0.39 is 0 Å². The number of rotatable bonds is 5. The topological polar surface area (TPSA) is 37.8 Å². The van der Waals surface area contributed by atoms with E-state index in [2.05, 4.69) is 48.4 Å². The van der Waals surface area contributed by atoms with Crippen LogP contribution in [-0.4, -0.2) is 17.0 Å². The third-order valence-electron chi connectivity index (χ3n) is 3.85. The molecule has 0 radical (unpaired) electrons. The molecule has 1 N–H and O–H groups in total. The van der Waals surface area contributed by atoms with E-state index in [1.165, 1.54) is 18.4 Å². The Bertz CT molecular complexity index is 630. The first-order chi connectivity index (χ1) is 10.2. The highest BCUT2D eigenvalue weighted by molar-refractivity contribution is 5.59. The summed E-state index contributed by atoms with van der Waals surface area (Å²) in [6.45, 7) is 4.43. The fourth-order valence-corrected chi connectivity index (χ4v) is 2.63. The van der Waals surface area contributed by atoms with Crippen LogP contribution in [-0.2, 0) is 6.42 Å². The highest BCUT2D eigenvalue weighted by Gasteiger charge is 2.23. The van der Waals surface area contributed by atoms with E-state index in [9.17, 15) is 0 Å². The lowest BCUT2D eigenvalue weighted by Gasteiger charge is -2.10. The van der Waals surface area contributed by atoms with Crippen molar-refractivity contribution in [1.29, 1.82) is 0 Å². The van der Waals surface area contributed by atoms with Gasteiger partial charge in [-0.25, -0.2) is 9.97 Å². The Morgan fingerprint density at radius 3 is 2.67 bits per heavy atom. The Morgan fingerprint density at radius 1 is 1.19 bits per heavy atom. The minimum absolute atomic E-state index is 0.593. The van der Waals surface area contributed by atoms with E-state index >= 15 is 0 Å². The zero-order valence-electron chi connectivity index (χ0n) is 13.1. The van der Waals surface area contributed by atoms with Crippen molar-refractivity contribution in [2.75, 3.05) is 12.4 Å². The first-order valence-electron chi connectivity index (χ1n) is 7.81. The molecule has 3 heteroatoms. The van der Waals surface area contributed by atoms with Gasteiger partial charge in [0.2, 0.25) is 0 Å². The van der Waals surface area contributed by atoms with Crippen LogP contribution < -0.4 is 5.32 Å². The summed E-state index contributed by atoms with van der Waals surface area (Å²) in [5, 5.41) is 3.15. The second-order valence-corrected chi connectivity index (χ2v) is 6.32. The molecule has 1 aliphatic carbocycles. The molecule has 21 heavy (non-hydrogen) atoms. The molecule has 3 rings (SSSR count). The van der Waals surface area contributed by atoms with Crippen molar-refractivity contribution < 1.29 is 0 Å². The van der Waals surface area contributed by atoms with Gasteiger partial charge in [-0.1, -0.05) is 32.0 Å². The molecule has 110 valence electrons. The molecule has 1 saturated carbocycles. The number of anilines is 1. The van der Waals surface area contributed by atoms with Crippen molar-refractivity contribution in [3.8, 4) is 11.4 Å². The SMILES string of the molecule is CNc1cc(CC(C)C)nc(-c2cccc(C3CC3)c2)n1. The molecule has 0 atom stereocenters. The molecule has 1 aliphatic rings. The Morgan fingerprint density at radius 2 is 2.00 bits per heavy atom. The summed E-state index contributed by atoms with van der Waals surface area (Å²) in [5.74, 6) is 3.08. The van der Waals surface area contributed by atoms with Crippen molar-refractivity contribution in [3.05, 3.63) is 41.6 Å². The van der Waals surface area contributed by atoms with Crippen LogP contribution in [0.1, 0.15) is 43.9 Å². The first-order valence-corrected chi connectivity index (χ1v) is 7.81. The summed E-state index contributed by atoms with van der Waals surface area (Å²) >= 11 is 0. The number of nitrogens with one attached hydrogen (secondary N) is 1. The van der Waals surface area contributed by atoms with E-state index in [-0.39, 0.29) is 0 Å². The predicted octanol–water partition coefficient (Wildman–Crippen LogP) is 4.26. The standard InChI is InChI=1S/C18H23N3/c1-12(2)9-16-11-17(19-3)21-18(20-16)15-6-4-5-14(10-15)13-7-8-13/h4-6,10-13H,7-9H2,1-3H3,(H,19,20,21). The minimum Gasteiger partial charge on any atom is -0.373 e. The van der Waals surface area contributed by atoms with Crippen molar-refractivity contribution in [2.24, 2.45) is 5.92 Å². The van der Waals surface area contributed by atoms with Crippen molar-refractivity contribution in [3.63, 3.8) is 0 Å². The molecule has 1 heterocycles. The molecule has 1 aromatic carbocycles. The number of hydrogen-bond donors (Lipinski definition) is 1. The second kappa shape index (κ2) is 5.84. The maximum Gasteiger partial charge on any atom is 0.161 e. The van der Waals surface area contributed by atoms with Crippen LogP contribution in [0.3, 0.4) is 0 Å². The van der Waals surface area contributed by atoms with Gasteiger partial charge in [0.25, 0.3) is 0 Å². The highest BCUT2D eigenvalue weighted by Crippen LogP contribution is 2.40. The van der Waals surface area contributed by atoms with Crippen LogP contribution >= 0.6 is 0 Å². The molecular weight excluding hydrogens is 258 g/mol. The largest absolute Gasteiger partial charge is 0.373 e. The Balaban J connectivity index is 1.97. The van der Waals surface area contributed by atoms with Crippen LogP contribution in [0.25, 0.3) is 11.4 Å². The van der Waals surface area contributed by atoms with E-state index in [1.54, 1.807) is 0 Å². The summed E-state index contributed by atoms with van der Waals surface area (Å²) in [6, 6.07) is 10.8. The number of nitrogens with zero attached hydrogens (tertiary/aromatic N) is 2. The lowest BCUT2D eigenvalue weighted by Crippen LogP contribution is -2.03. The van der Waals surface area contributed by atoms with E-state index in [0.717, 1.165) is 35.2 Å². The van der Waals surface area contributed by atoms with Gasteiger partial charge >= 0.3 is 0 Å².